The average Bonchev–Trinajstić information content (AvgIpc) is 2.46. The number of nitrogens with zero attached hydrogens (tertiary/aromatic N) is 2. The molecule has 1 aromatic carbocycles. The molecule has 0 saturated carbocycles. The molecule has 0 aliphatic rings. The Morgan fingerprint density at radius 2 is 1.95 bits per heavy atom. The summed E-state index contributed by atoms with van der Waals surface area (Å²) in [5, 5.41) is 3.28. The fourth-order valence-corrected chi connectivity index (χ4v) is 3.03. The highest BCUT2D eigenvalue weighted by atomic mass is 79.9. The molecule has 7 heteroatoms. The molecular weight excluding hydrogens is 400 g/mol. The Bertz CT molecular complexity index is 677. The summed E-state index contributed by atoms with van der Waals surface area (Å²) in [5.41, 5.74) is 7.60. The van der Waals surface area contributed by atoms with Gasteiger partial charge < -0.3 is 15.8 Å². The molecule has 112 valence electrons. The van der Waals surface area contributed by atoms with Crippen molar-refractivity contribution in [1.82, 2.24) is 9.97 Å². The highest BCUT2D eigenvalue weighted by Gasteiger charge is 2.12. The largest absolute Gasteiger partial charge is 0.495 e. The topological polar surface area (TPSA) is 73.1 Å². The van der Waals surface area contributed by atoms with E-state index in [1.807, 2.05) is 26.0 Å². The predicted molar refractivity (Wildman–Crippen MR) is 92.2 cm³/mol. The summed E-state index contributed by atoms with van der Waals surface area (Å²) in [6.45, 7) is 3.88. The third-order valence-corrected chi connectivity index (χ3v) is 4.32. The van der Waals surface area contributed by atoms with Gasteiger partial charge in [0, 0.05) is 22.5 Å². The number of hydrogen-bond acceptors (Lipinski definition) is 5. The molecule has 5 nitrogen and oxygen atoms in total. The molecule has 0 unspecified atom stereocenters. The zero-order valence-electron chi connectivity index (χ0n) is 12.0. The van der Waals surface area contributed by atoms with Crippen molar-refractivity contribution in [2.75, 3.05) is 18.2 Å². The Balaban J connectivity index is 2.45. The minimum atomic E-state index is 0.490. The van der Waals surface area contributed by atoms with Crippen molar-refractivity contribution < 1.29 is 4.74 Å². The van der Waals surface area contributed by atoms with E-state index in [1.54, 1.807) is 7.11 Å². The number of rotatable bonds is 4. The molecule has 0 saturated heterocycles. The normalized spacial score (nSPS) is 10.5. The monoisotopic (exact) mass is 414 g/mol. The van der Waals surface area contributed by atoms with Gasteiger partial charge in [-0.1, -0.05) is 6.92 Å². The number of benzene rings is 1. The van der Waals surface area contributed by atoms with Crippen molar-refractivity contribution in [2.24, 2.45) is 0 Å². The molecule has 21 heavy (non-hydrogen) atoms. The standard InChI is InChI=1S/C14H16Br2N4O/c1-4-12-19-13(17)7(2)14(20-12)18-10-6-11(21-3)9(16)5-8(10)15/h5-6H,4H2,1-3H3,(H3,17,18,19,20). The Morgan fingerprint density at radius 1 is 1.24 bits per heavy atom. The van der Waals surface area contributed by atoms with Gasteiger partial charge in [-0.3, -0.25) is 0 Å². The van der Waals surface area contributed by atoms with E-state index in [1.165, 1.54) is 0 Å². The quantitative estimate of drug-likeness (QED) is 0.782. The minimum Gasteiger partial charge on any atom is -0.495 e. The first kappa shape index (κ1) is 16.0. The SMILES string of the molecule is CCc1nc(N)c(C)c(Nc2cc(OC)c(Br)cc2Br)n1. The van der Waals surface area contributed by atoms with Crippen LogP contribution in [-0.2, 0) is 6.42 Å². The van der Waals surface area contributed by atoms with E-state index in [4.69, 9.17) is 10.5 Å². The number of ether oxygens (including phenoxy) is 1. The van der Waals surface area contributed by atoms with Crippen molar-refractivity contribution in [3.8, 4) is 5.75 Å². The average molecular weight is 416 g/mol. The molecule has 0 aliphatic heterocycles. The molecule has 0 atom stereocenters. The molecule has 2 aromatic rings. The van der Waals surface area contributed by atoms with Crippen LogP contribution in [0.25, 0.3) is 0 Å². The van der Waals surface area contributed by atoms with Gasteiger partial charge in [0.15, 0.2) is 0 Å². The molecule has 0 aliphatic carbocycles. The molecule has 2 rings (SSSR count). The molecule has 0 amide bonds. The van der Waals surface area contributed by atoms with Gasteiger partial charge in [0.05, 0.1) is 17.3 Å². The van der Waals surface area contributed by atoms with Gasteiger partial charge in [0.25, 0.3) is 0 Å². The molecular formula is C14H16Br2N4O. The van der Waals surface area contributed by atoms with Crippen molar-refractivity contribution >= 4 is 49.2 Å². The van der Waals surface area contributed by atoms with Crippen LogP contribution < -0.4 is 15.8 Å². The maximum atomic E-state index is 5.93. The lowest BCUT2D eigenvalue weighted by Gasteiger charge is -2.14. The number of aromatic nitrogens is 2. The van der Waals surface area contributed by atoms with Crippen LogP contribution in [0.5, 0.6) is 5.75 Å². The summed E-state index contributed by atoms with van der Waals surface area (Å²) in [6.07, 6.45) is 0.726. The number of halogens is 2. The van der Waals surface area contributed by atoms with Gasteiger partial charge >= 0.3 is 0 Å². The second-order valence-electron chi connectivity index (χ2n) is 4.44. The van der Waals surface area contributed by atoms with Crippen LogP contribution in [0.2, 0.25) is 0 Å². The fourth-order valence-electron chi connectivity index (χ4n) is 1.77. The molecule has 0 spiro atoms. The summed E-state index contributed by atoms with van der Waals surface area (Å²) in [7, 11) is 1.63. The minimum absolute atomic E-state index is 0.490. The Hall–Kier alpha value is -1.34. The number of methoxy groups -OCH3 is 1. The van der Waals surface area contributed by atoms with Crippen molar-refractivity contribution in [2.45, 2.75) is 20.3 Å². The van der Waals surface area contributed by atoms with Crippen LogP contribution in [-0.4, -0.2) is 17.1 Å². The van der Waals surface area contributed by atoms with Crippen LogP contribution in [0.4, 0.5) is 17.3 Å². The number of aryl methyl sites for hydroxylation is 1. The second-order valence-corrected chi connectivity index (χ2v) is 6.15. The van der Waals surface area contributed by atoms with Gasteiger partial charge in [-0.15, -0.1) is 0 Å². The lowest BCUT2D eigenvalue weighted by Crippen LogP contribution is -2.07. The third kappa shape index (κ3) is 3.47. The second kappa shape index (κ2) is 6.62. The number of nitrogens with two attached hydrogens (primary N) is 1. The summed E-state index contributed by atoms with van der Waals surface area (Å²) in [6, 6.07) is 3.80. The van der Waals surface area contributed by atoms with Gasteiger partial charge in [0.2, 0.25) is 0 Å². The first-order valence-electron chi connectivity index (χ1n) is 6.39. The zero-order valence-corrected chi connectivity index (χ0v) is 15.2. The third-order valence-electron chi connectivity index (χ3n) is 3.04. The molecule has 0 bridgehead atoms. The van der Waals surface area contributed by atoms with Crippen LogP contribution in [0.1, 0.15) is 18.3 Å². The Labute approximate surface area is 140 Å². The van der Waals surface area contributed by atoms with Gasteiger partial charge in [0.1, 0.15) is 23.2 Å². The van der Waals surface area contributed by atoms with E-state index in [-0.39, 0.29) is 0 Å². The Morgan fingerprint density at radius 3 is 2.57 bits per heavy atom. The van der Waals surface area contributed by atoms with E-state index in [2.05, 4.69) is 47.1 Å². The van der Waals surface area contributed by atoms with Crippen LogP contribution in [0, 0.1) is 6.92 Å². The van der Waals surface area contributed by atoms with Crippen molar-refractivity contribution in [3.05, 3.63) is 32.5 Å². The van der Waals surface area contributed by atoms with Gasteiger partial charge in [-0.25, -0.2) is 9.97 Å². The van der Waals surface area contributed by atoms with Gasteiger partial charge in [-0.2, -0.15) is 0 Å². The lowest BCUT2D eigenvalue weighted by molar-refractivity contribution is 0.412. The highest BCUT2D eigenvalue weighted by molar-refractivity contribution is 9.11. The van der Waals surface area contributed by atoms with Crippen LogP contribution >= 0.6 is 31.9 Å². The molecule has 1 aromatic heterocycles. The summed E-state index contributed by atoms with van der Waals surface area (Å²) in [5.74, 6) is 2.63. The van der Waals surface area contributed by atoms with Crippen molar-refractivity contribution in [1.29, 1.82) is 0 Å². The number of nitrogen functional groups attached to an aromatic ring is 1. The van der Waals surface area contributed by atoms with Gasteiger partial charge in [-0.05, 0) is 44.8 Å². The van der Waals surface area contributed by atoms with E-state index in [0.717, 1.165) is 32.4 Å². The summed E-state index contributed by atoms with van der Waals surface area (Å²) in [4.78, 5) is 8.74. The lowest BCUT2D eigenvalue weighted by atomic mass is 10.2. The van der Waals surface area contributed by atoms with E-state index in [9.17, 15) is 0 Å². The molecule has 3 N–H and O–H groups in total. The van der Waals surface area contributed by atoms with Crippen LogP contribution in [0.3, 0.4) is 0 Å². The molecule has 1 heterocycles. The van der Waals surface area contributed by atoms with E-state index in [0.29, 0.717) is 17.5 Å². The summed E-state index contributed by atoms with van der Waals surface area (Å²) < 4.78 is 7.08. The number of hydrogen-bond donors (Lipinski definition) is 2. The Kier molecular flexibility index (Phi) is 5.05. The van der Waals surface area contributed by atoms with Crippen molar-refractivity contribution in [3.63, 3.8) is 0 Å². The van der Waals surface area contributed by atoms with E-state index < -0.39 is 0 Å². The van der Waals surface area contributed by atoms with Crippen LogP contribution in [0.15, 0.2) is 21.1 Å². The predicted octanol–water partition coefficient (Wildman–Crippen LogP) is 4.21. The first-order valence-corrected chi connectivity index (χ1v) is 7.97. The smallest absolute Gasteiger partial charge is 0.139 e. The maximum absolute atomic E-state index is 5.93. The fraction of sp³-hybridized carbons (Fsp3) is 0.286. The number of anilines is 3. The molecule has 0 fully saturated rings. The number of nitrogens with one attached hydrogen (secondary N) is 1. The highest BCUT2D eigenvalue weighted by Crippen LogP contribution is 2.36. The van der Waals surface area contributed by atoms with E-state index >= 15 is 0 Å². The summed E-state index contributed by atoms with van der Waals surface area (Å²) >= 11 is 6.97. The molecule has 0 radical (unpaired) electrons. The maximum Gasteiger partial charge on any atom is 0.139 e. The zero-order chi connectivity index (χ0) is 15.6. The first-order chi connectivity index (χ1) is 9.96.